The van der Waals surface area contributed by atoms with E-state index in [0.29, 0.717) is 5.69 Å². The Balaban J connectivity index is 2.80. The molecular formula is C11H17N3O4S. The van der Waals surface area contributed by atoms with Crippen molar-refractivity contribution in [3.8, 4) is 0 Å². The van der Waals surface area contributed by atoms with Crippen molar-refractivity contribution < 1.29 is 18.3 Å². The van der Waals surface area contributed by atoms with E-state index >= 15 is 0 Å². The fraction of sp³-hybridized carbons (Fsp3) is 0.455. The van der Waals surface area contributed by atoms with Gasteiger partial charge in [0, 0.05) is 18.3 Å². The highest BCUT2D eigenvalue weighted by Gasteiger charge is 2.22. The highest BCUT2D eigenvalue weighted by molar-refractivity contribution is 7.88. The van der Waals surface area contributed by atoms with Crippen LogP contribution in [0.25, 0.3) is 0 Å². The maximum absolute atomic E-state index is 11.2. The highest BCUT2D eigenvalue weighted by atomic mass is 32.2. The molecule has 0 bridgehead atoms. The third-order valence-electron chi connectivity index (χ3n) is 2.19. The molecule has 0 amide bonds. The number of nitrogens with one attached hydrogen (secondary N) is 2. The first-order valence-corrected chi connectivity index (χ1v) is 7.41. The number of hydrogen-bond acceptors (Lipinski definition) is 5. The van der Waals surface area contributed by atoms with Gasteiger partial charge in [-0.05, 0) is 26.0 Å². The minimum Gasteiger partial charge on any atom is -0.476 e. The number of carbonyl (C=O) groups is 1. The molecule has 3 N–H and O–H groups in total. The van der Waals surface area contributed by atoms with Gasteiger partial charge in [0.25, 0.3) is 0 Å². The van der Waals surface area contributed by atoms with Gasteiger partial charge in [-0.25, -0.2) is 22.9 Å². The van der Waals surface area contributed by atoms with E-state index in [1.54, 1.807) is 26.0 Å². The second-order valence-corrected chi connectivity index (χ2v) is 6.56. The molecule has 0 fully saturated rings. The first-order chi connectivity index (χ1) is 8.61. The SMILES string of the molecule is CC(C)(CNc1cccnc1C(=O)O)NS(C)(=O)=O. The van der Waals surface area contributed by atoms with Crippen molar-refractivity contribution in [2.24, 2.45) is 0 Å². The van der Waals surface area contributed by atoms with Crippen molar-refractivity contribution in [3.05, 3.63) is 24.0 Å². The lowest BCUT2D eigenvalue weighted by Gasteiger charge is -2.26. The molecule has 0 spiro atoms. The Hall–Kier alpha value is -1.67. The van der Waals surface area contributed by atoms with Crippen LogP contribution < -0.4 is 10.0 Å². The van der Waals surface area contributed by atoms with Crippen LogP contribution in [0.5, 0.6) is 0 Å². The summed E-state index contributed by atoms with van der Waals surface area (Å²) in [5, 5.41) is 11.9. The van der Waals surface area contributed by atoms with Crippen molar-refractivity contribution in [3.63, 3.8) is 0 Å². The fourth-order valence-electron chi connectivity index (χ4n) is 1.57. The largest absolute Gasteiger partial charge is 0.476 e. The topological polar surface area (TPSA) is 108 Å². The van der Waals surface area contributed by atoms with Crippen LogP contribution in [0.2, 0.25) is 0 Å². The van der Waals surface area contributed by atoms with Gasteiger partial charge in [-0.15, -0.1) is 0 Å². The zero-order valence-electron chi connectivity index (χ0n) is 11.0. The average Bonchev–Trinajstić information content (AvgIpc) is 2.23. The van der Waals surface area contributed by atoms with E-state index in [9.17, 15) is 13.2 Å². The van der Waals surface area contributed by atoms with Crippen LogP contribution >= 0.6 is 0 Å². The van der Waals surface area contributed by atoms with Crippen molar-refractivity contribution >= 4 is 21.7 Å². The van der Waals surface area contributed by atoms with Gasteiger partial charge in [-0.1, -0.05) is 0 Å². The van der Waals surface area contributed by atoms with E-state index in [1.807, 2.05) is 0 Å². The van der Waals surface area contributed by atoms with Gasteiger partial charge < -0.3 is 10.4 Å². The fourth-order valence-corrected chi connectivity index (χ4v) is 2.65. The van der Waals surface area contributed by atoms with E-state index in [2.05, 4.69) is 15.0 Å². The molecule has 1 rings (SSSR count). The number of pyridine rings is 1. The predicted octanol–water partition coefficient (Wildman–Crippen LogP) is 0.519. The summed E-state index contributed by atoms with van der Waals surface area (Å²) in [6.45, 7) is 3.61. The molecule has 19 heavy (non-hydrogen) atoms. The highest BCUT2D eigenvalue weighted by Crippen LogP contribution is 2.14. The lowest BCUT2D eigenvalue weighted by Crippen LogP contribution is -2.47. The summed E-state index contributed by atoms with van der Waals surface area (Å²) in [7, 11) is -3.33. The van der Waals surface area contributed by atoms with Crippen molar-refractivity contribution in [2.45, 2.75) is 19.4 Å². The monoisotopic (exact) mass is 287 g/mol. The third kappa shape index (κ3) is 5.23. The number of carboxylic acids is 1. The number of aromatic nitrogens is 1. The first kappa shape index (κ1) is 15.4. The Labute approximate surface area is 112 Å². The number of rotatable bonds is 6. The van der Waals surface area contributed by atoms with Crippen LogP contribution in [0.1, 0.15) is 24.3 Å². The van der Waals surface area contributed by atoms with Crippen LogP contribution in [-0.4, -0.2) is 42.8 Å². The molecule has 0 aromatic carbocycles. The van der Waals surface area contributed by atoms with Gasteiger partial charge in [0.2, 0.25) is 10.0 Å². The lowest BCUT2D eigenvalue weighted by atomic mass is 10.1. The summed E-state index contributed by atoms with van der Waals surface area (Å²) in [6, 6.07) is 3.18. The molecule has 0 radical (unpaired) electrons. The summed E-state index contributed by atoms with van der Waals surface area (Å²) < 4.78 is 24.8. The Kier molecular flexibility index (Phi) is 4.48. The molecule has 7 nitrogen and oxygen atoms in total. The van der Waals surface area contributed by atoms with Gasteiger partial charge in [0.05, 0.1) is 11.9 Å². The maximum atomic E-state index is 11.2. The van der Waals surface area contributed by atoms with E-state index in [4.69, 9.17) is 5.11 Å². The molecule has 1 aromatic heterocycles. The summed E-state index contributed by atoms with van der Waals surface area (Å²) >= 11 is 0. The van der Waals surface area contributed by atoms with Crippen LogP contribution in [-0.2, 0) is 10.0 Å². The zero-order valence-corrected chi connectivity index (χ0v) is 11.8. The molecule has 0 saturated carbocycles. The van der Waals surface area contributed by atoms with Crippen LogP contribution in [0, 0.1) is 0 Å². The Morgan fingerprint density at radius 1 is 1.47 bits per heavy atom. The quantitative estimate of drug-likeness (QED) is 0.704. The van der Waals surface area contributed by atoms with Crippen LogP contribution in [0.3, 0.4) is 0 Å². The Morgan fingerprint density at radius 3 is 2.63 bits per heavy atom. The molecule has 0 atom stereocenters. The van der Waals surface area contributed by atoms with Gasteiger partial charge in [0.15, 0.2) is 5.69 Å². The average molecular weight is 287 g/mol. The molecule has 8 heteroatoms. The third-order valence-corrected chi connectivity index (χ3v) is 3.12. The van der Waals surface area contributed by atoms with E-state index in [-0.39, 0.29) is 12.2 Å². The molecule has 0 saturated heterocycles. The second kappa shape index (κ2) is 5.54. The Morgan fingerprint density at radius 2 is 2.11 bits per heavy atom. The van der Waals surface area contributed by atoms with Gasteiger partial charge in [0.1, 0.15) is 0 Å². The number of anilines is 1. The number of carboxylic acid groups (broad SMARTS) is 1. The van der Waals surface area contributed by atoms with Crippen LogP contribution in [0.4, 0.5) is 5.69 Å². The molecule has 106 valence electrons. The van der Waals surface area contributed by atoms with Crippen molar-refractivity contribution in [1.29, 1.82) is 0 Å². The summed E-state index contributed by atoms with van der Waals surface area (Å²) in [5.74, 6) is -1.14. The van der Waals surface area contributed by atoms with Crippen molar-refractivity contribution in [2.75, 3.05) is 18.1 Å². The van der Waals surface area contributed by atoms with Crippen molar-refractivity contribution in [1.82, 2.24) is 9.71 Å². The molecule has 0 aliphatic carbocycles. The number of aromatic carboxylic acids is 1. The summed E-state index contributed by atoms with van der Waals surface area (Å²) in [4.78, 5) is 14.7. The summed E-state index contributed by atoms with van der Waals surface area (Å²) in [5.41, 5.74) is -0.504. The normalized spacial score (nSPS) is 12.2. The van der Waals surface area contributed by atoms with Crippen LogP contribution in [0.15, 0.2) is 18.3 Å². The first-order valence-electron chi connectivity index (χ1n) is 5.52. The zero-order chi connectivity index (χ0) is 14.7. The van der Waals surface area contributed by atoms with Gasteiger partial charge in [-0.3, -0.25) is 0 Å². The number of sulfonamides is 1. The summed E-state index contributed by atoms with van der Waals surface area (Å²) in [6.07, 6.45) is 2.45. The van der Waals surface area contributed by atoms with Gasteiger partial charge in [-0.2, -0.15) is 0 Å². The standard InChI is InChI=1S/C11H17N3O4S/c1-11(2,14-19(3,17)18)7-13-8-5-4-6-12-9(8)10(15)16/h4-6,13-14H,7H2,1-3H3,(H,15,16). The minimum absolute atomic E-state index is 0.0994. The molecule has 1 heterocycles. The molecule has 0 aliphatic heterocycles. The minimum atomic E-state index is -3.33. The molecule has 0 aliphatic rings. The smallest absolute Gasteiger partial charge is 0.356 e. The number of nitrogens with zero attached hydrogens (tertiary/aromatic N) is 1. The molecule has 0 unspecified atom stereocenters. The van der Waals surface area contributed by atoms with E-state index in [0.717, 1.165) is 6.26 Å². The molecule has 1 aromatic rings. The van der Waals surface area contributed by atoms with Gasteiger partial charge >= 0.3 is 5.97 Å². The van der Waals surface area contributed by atoms with E-state index in [1.165, 1.54) is 6.20 Å². The number of hydrogen-bond donors (Lipinski definition) is 3. The molecular weight excluding hydrogens is 270 g/mol. The second-order valence-electron chi connectivity index (χ2n) is 4.82. The lowest BCUT2D eigenvalue weighted by molar-refractivity contribution is 0.0691. The predicted molar refractivity (Wildman–Crippen MR) is 71.7 cm³/mol. The Bertz CT molecular complexity index is 569. The maximum Gasteiger partial charge on any atom is 0.356 e. The van der Waals surface area contributed by atoms with E-state index < -0.39 is 21.5 Å².